The largest absolute Gasteiger partial charge is 0.309 e. The van der Waals surface area contributed by atoms with Crippen molar-refractivity contribution < 1.29 is 0 Å². The summed E-state index contributed by atoms with van der Waals surface area (Å²) in [4.78, 5) is 11.6. The van der Waals surface area contributed by atoms with Gasteiger partial charge in [-0.15, -0.1) is 0 Å². The normalized spacial score (nSPS) is 11.0. The first kappa shape index (κ1) is 42.5. The summed E-state index contributed by atoms with van der Waals surface area (Å²) < 4.78 is 4.44. The van der Waals surface area contributed by atoms with Crippen molar-refractivity contribution in [1.82, 2.24) is 14.1 Å². The highest BCUT2D eigenvalue weighted by molar-refractivity contribution is 6.14. The smallest absolute Gasteiger partial charge is 0.187 e. The highest BCUT2D eigenvalue weighted by Crippen LogP contribution is 2.44. The van der Waals surface area contributed by atoms with Crippen molar-refractivity contribution in [2.45, 2.75) is 0 Å². The first-order valence-electron chi connectivity index (χ1n) is 23.1. The van der Waals surface area contributed by atoms with Gasteiger partial charge in [0.05, 0.1) is 75.4 Å². The molecule has 0 N–H and O–H groups in total. The number of nitriles is 3. The fraction of sp³-hybridized carbons (Fsp3) is 0. The van der Waals surface area contributed by atoms with Crippen molar-refractivity contribution >= 4 is 55.0 Å². The zero-order valence-corrected chi connectivity index (χ0v) is 38.2. The molecule has 3 heterocycles. The minimum absolute atomic E-state index is 0.470. The molecule has 0 unspecified atom stereocenters. The Morgan fingerprint density at radius 2 is 0.694 bits per heavy atom. The third-order valence-corrected chi connectivity index (χ3v) is 13.6. The molecule has 12 rings (SSSR count). The quantitative estimate of drug-likeness (QED) is 0.149. The molecule has 0 spiro atoms. The van der Waals surface area contributed by atoms with E-state index in [9.17, 15) is 15.8 Å². The van der Waals surface area contributed by atoms with E-state index in [2.05, 4.69) is 121 Å². The number of benzene rings is 9. The molecule has 0 radical (unpaired) electrons. The first-order chi connectivity index (χ1) is 35.4. The van der Waals surface area contributed by atoms with Gasteiger partial charge in [-0.25, -0.2) is 9.69 Å². The monoisotopic (exact) mass is 914 g/mol. The maximum absolute atomic E-state index is 11.4. The van der Waals surface area contributed by atoms with Crippen molar-refractivity contribution in [3.63, 3.8) is 0 Å². The molecular formula is C64H34N8. The Morgan fingerprint density at radius 1 is 0.347 bits per heavy atom. The van der Waals surface area contributed by atoms with Crippen LogP contribution >= 0.6 is 0 Å². The van der Waals surface area contributed by atoms with Crippen LogP contribution in [0.5, 0.6) is 0 Å². The maximum atomic E-state index is 11.4. The van der Waals surface area contributed by atoms with Gasteiger partial charge in [0.2, 0.25) is 0 Å². The Hall–Kier alpha value is -10.8. The van der Waals surface area contributed by atoms with Crippen molar-refractivity contribution in [3.8, 4) is 85.2 Å². The molecule has 0 aliphatic heterocycles. The van der Waals surface area contributed by atoms with E-state index in [1.165, 1.54) is 0 Å². The Labute approximate surface area is 414 Å². The van der Waals surface area contributed by atoms with Crippen LogP contribution in [0.15, 0.2) is 207 Å². The summed E-state index contributed by atoms with van der Waals surface area (Å²) in [6.07, 6.45) is 3.57. The van der Waals surface area contributed by atoms with Gasteiger partial charge in [-0.3, -0.25) is 4.98 Å². The van der Waals surface area contributed by atoms with Gasteiger partial charge in [-0.2, -0.15) is 15.8 Å². The Bertz CT molecular complexity index is 4160. The molecule has 0 fully saturated rings. The highest BCUT2D eigenvalue weighted by atomic mass is 15.0. The molecule has 9 aromatic carbocycles. The fourth-order valence-electron chi connectivity index (χ4n) is 10.0. The molecule has 0 saturated carbocycles. The van der Waals surface area contributed by atoms with Gasteiger partial charge in [0, 0.05) is 39.5 Å². The third kappa shape index (κ3) is 7.17. The zero-order chi connectivity index (χ0) is 48.9. The highest BCUT2D eigenvalue weighted by Gasteiger charge is 2.23. The molecule has 0 amide bonds. The Balaban J connectivity index is 1.12. The molecule has 330 valence electrons. The Kier molecular flexibility index (Phi) is 10.3. The number of nitrogens with zero attached hydrogens (tertiary/aromatic N) is 8. The minimum atomic E-state index is 0.470. The van der Waals surface area contributed by atoms with Crippen LogP contribution in [0.3, 0.4) is 0 Å². The van der Waals surface area contributed by atoms with Gasteiger partial charge in [0.1, 0.15) is 6.07 Å². The van der Waals surface area contributed by atoms with Crippen molar-refractivity contribution in [1.29, 1.82) is 15.8 Å². The van der Waals surface area contributed by atoms with E-state index in [0.717, 1.165) is 105 Å². The van der Waals surface area contributed by atoms with Crippen LogP contribution in [0.1, 0.15) is 16.7 Å². The molecule has 8 heteroatoms. The van der Waals surface area contributed by atoms with E-state index in [-0.39, 0.29) is 0 Å². The summed E-state index contributed by atoms with van der Waals surface area (Å²) in [7, 11) is 0. The molecule has 12 aromatic rings. The second-order valence-electron chi connectivity index (χ2n) is 17.5. The summed E-state index contributed by atoms with van der Waals surface area (Å²) in [5.41, 5.74) is 17.8. The molecule has 0 aliphatic carbocycles. The lowest BCUT2D eigenvalue weighted by Gasteiger charge is -2.19. The van der Waals surface area contributed by atoms with E-state index in [1.807, 2.05) is 115 Å². The average molecular weight is 915 g/mol. The molecule has 0 bridgehead atoms. The summed E-state index contributed by atoms with van der Waals surface area (Å²) in [5.74, 6) is 0. The summed E-state index contributed by atoms with van der Waals surface area (Å²) in [5, 5.41) is 34.5. The number of fused-ring (bicyclic) bond motifs is 6. The van der Waals surface area contributed by atoms with Crippen LogP contribution in [0.25, 0.3) is 120 Å². The lowest BCUT2D eigenvalue weighted by molar-refractivity contribution is 1.13. The number of hydrogen-bond acceptors (Lipinski definition) is 4. The maximum Gasteiger partial charge on any atom is 0.187 e. The van der Waals surface area contributed by atoms with Gasteiger partial charge >= 0.3 is 0 Å². The topological polar surface area (TPSA) is 103 Å². The molecule has 8 nitrogen and oxygen atoms in total. The van der Waals surface area contributed by atoms with Gasteiger partial charge in [0.15, 0.2) is 11.4 Å². The van der Waals surface area contributed by atoms with E-state index >= 15 is 0 Å². The van der Waals surface area contributed by atoms with Crippen LogP contribution in [-0.4, -0.2) is 14.1 Å². The first-order valence-corrected chi connectivity index (χ1v) is 23.1. The van der Waals surface area contributed by atoms with E-state index < -0.39 is 0 Å². The molecule has 72 heavy (non-hydrogen) atoms. The van der Waals surface area contributed by atoms with E-state index in [4.69, 9.17) is 13.1 Å². The summed E-state index contributed by atoms with van der Waals surface area (Å²) >= 11 is 0. The van der Waals surface area contributed by atoms with Gasteiger partial charge in [-0.05, 0) is 147 Å². The minimum Gasteiger partial charge on any atom is -0.309 e. The van der Waals surface area contributed by atoms with Crippen molar-refractivity contribution in [2.75, 3.05) is 0 Å². The standard InChI is InChI=1S/C64H34N8/c1-68-52-19-11-44(12-20-52)49-15-23-59-55(33-49)56-34-50(45-13-21-53(69-2)22-14-45)16-24-60(56)71(59)63-36-54(46-27-29-70-30-28-46)64(35-51(63)39-67)72-61-25-17-47(42-7-3-40(37-65)4-8-42)31-57(61)58-32-48(18-26-62(58)72)43-9-5-41(38-66)6-10-43/h3-36H. The molecular weight excluding hydrogens is 881 g/mol. The molecule has 0 aliphatic rings. The third-order valence-electron chi connectivity index (χ3n) is 13.6. The average Bonchev–Trinajstić information content (AvgIpc) is 3.96. The van der Waals surface area contributed by atoms with Crippen LogP contribution in [0.4, 0.5) is 11.4 Å². The second-order valence-corrected chi connectivity index (χ2v) is 17.5. The number of rotatable bonds is 7. The molecule has 0 atom stereocenters. The molecule has 0 saturated heterocycles. The van der Waals surface area contributed by atoms with Crippen LogP contribution in [0, 0.1) is 47.1 Å². The SMILES string of the molecule is [C-]#[N+]c1ccc(-c2ccc3c(c2)c2cc(-c4ccc([N+]#[C-])cc4)ccc2n3-c2cc(-c3ccncc3)c(-n3c4ccc(-c5ccc(C#N)cc5)cc4c4cc(-c5ccc(C#N)cc5)ccc43)cc2C#N)cc1. The summed E-state index contributed by atoms with van der Waals surface area (Å²) in [6.45, 7) is 15.0. The fourth-order valence-corrected chi connectivity index (χ4v) is 10.0. The number of aromatic nitrogens is 3. The van der Waals surface area contributed by atoms with Crippen molar-refractivity contribution in [3.05, 3.63) is 246 Å². The molecule has 3 aromatic heterocycles. The van der Waals surface area contributed by atoms with Crippen LogP contribution in [-0.2, 0) is 0 Å². The van der Waals surface area contributed by atoms with E-state index in [0.29, 0.717) is 33.8 Å². The van der Waals surface area contributed by atoms with Gasteiger partial charge in [0.25, 0.3) is 0 Å². The zero-order valence-electron chi connectivity index (χ0n) is 38.2. The Morgan fingerprint density at radius 3 is 1.04 bits per heavy atom. The predicted octanol–water partition coefficient (Wildman–Crippen LogP) is 16.3. The van der Waals surface area contributed by atoms with Crippen LogP contribution < -0.4 is 0 Å². The van der Waals surface area contributed by atoms with Gasteiger partial charge in [-0.1, -0.05) is 97.1 Å². The predicted molar refractivity (Wildman–Crippen MR) is 287 cm³/mol. The van der Waals surface area contributed by atoms with Gasteiger partial charge < -0.3 is 9.13 Å². The number of hydrogen-bond donors (Lipinski definition) is 0. The van der Waals surface area contributed by atoms with Crippen molar-refractivity contribution in [2.24, 2.45) is 0 Å². The van der Waals surface area contributed by atoms with E-state index in [1.54, 1.807) is 12.4 Å². The summed E-state index contributed by atoms with van der Waals surface area (Å²) in [6, 6.07) is 71.3. The lowest BCUT2D eigenvalue weighted by atomic mass is 9.99. The lowest BCUT2D eigenvalue weighted by Crippen LogP contribution is -2.04. The second kappa shape index (κ2) is 17.4. The number of pyridine rings is 1. The van der Waals surface area contributed by atoms with Crippen LogP contribution in [0.2, 0.25) is 0 Å².